The van der Waals surface area contributed by atoms with Crippen molar-refractivity contribution in [3.63, 3.8) is 0 Å². The van der Waals surface area contributed by atoms with Gasteiger partial charge in [-0.3, -0.25) is 0 Å². The van der Waals surface area contributed by atoms with E-state index in [1.54, 1.807) is 4.52 Å². The van der Waals surface area contributed by atoms with Crippen LogP contribution >= 0.6 is 0 Å². The van der Waals surface area contributed by atoms with Gasteiger partial charge in [-0.2, -0.15) is 9.78 Å². The molecule has 22 heavy (non-hydrogen) atoms. The van der Waals surface area contributed by atoms with E-state index < -0.39 is 0 Å². The SMILES string of the molecule is CC1CCN(c2c(C#N)c3nnnn3c3ccccc23)CC1. The van der Waals surface area contributed by atoms with Crippen molar-refractivity contribution in [3.05, 3.63) is 29.8 Å². The van der Waals surface area contributed by atoms with Crippen molar-refractivity contribution in [2.45, 2.75) is 19.8 Å². The van der Waals surface area contributed by atoms with Crippen LogP contribution in [0.4, 0.5) is 5.69 Å². The fraction of sp³-hybridized carbons (Fsp3) is 0.375. The second-order valence-corrected chi connectivity index (χ2v) is 5.94. The first-order valence-electron chi connectivity index (χ1n) is 7.57. The molecule has 1 saturated heterocycles. The lowest BCUT2D eigenvalue weighted by atomic mass is 9.97. The largest absolute Gasteiger partial charge is 0.370 e. The molecule has 0 saturated carbocycles. The number of nitrogens with zero attached hydrogens (tertiary/aromatic N) is 6. The van der Waals surface area contributed by atoms with E-state index in [4.69, 9.17) is 0 Å². The van der Waals surface area contributed by atoms with Crippen LogP contribution in [0.5, 0.6) is 0 Å². The second kappa shape index (κ2) is 4.95. The Hall–Kier alpha value is -2.68. The summed E-state index contributed by atoms with van der Waals surface area (Å²) in [5.74, 6) is 0.742. The van der Waals surface area contributed by atoms with Crippen LogP contribution in [0.15, 0.2) is 24.3 Å². The van der Waals surface area contributed by atoms with Crippen molar-refractivity contribution in [2.24, 2.45) is 5.92 Å². The first-order valence-corrected chi connectivity index (χ1v) is 7.57. The zero-order valence-corrected chi connectivity index (χ0v) is 12.4. The van der Waals surface area contributed by atoms with Gasteiger partial charge in [-0.15, -0.1) is 5.10 Å². The molecule has 0 N–H and O–H groups in total. The number of tetrazole rings is 1. The second-order valence-electron chi connectivity index (χ2n) is 5.94. The van der Waals surface area contributed by atoms with Crippen molar-refractivity contribution in [1.29, 1.82) is 5.26 Å². The Morgan fingerprint density at radius 2 is 2.00 bits per heavy atom. The van der Waals surface area contributed by atoms with Gasteiger partial charge in [0, 0.05) is 18.5 Å². The smallest absolute Gasteiger partial charge is 0.199 e. The number of para-hydroxylation sites is 1. The predicted molar refractivity (Wildman–Crippen MR) is 83.6 cm³/mol. The van der Waals surface area contributed by atoms with Gasteiger partial charge in [-0.05, 0) is 35.3 Å². The van der Waals surface area contributed by atoms with Crippen LogP contribution < -0.4 is 4.90 Å². The average Bonchev–Trinajstić information content (AvgIpc) is 3.04. The first kappa shape index (κ1) is 13.0. The van der Waals surface area contributed by atoms with Crippen LogP contribution in [-0.4, -0.2) is 33.1 Å². The van der Waals surface area contributed by atoms with E-state index in [2.05, 4.69) is 33.4 Å². The molecule has 0 bridgehead atoms. The summed E-state index contributed by atoms with van der Waals surface area (Å²) in [4.78, 5) is 2.32. The maximum absolute atomic E-state index is 9.69. The molecule has 1 fully saturated rings. The molecular weight excluding hydrogens is 276 g/mol. The van der Waals surface area contributed by atoms with Gasteiger partial charge >= 0.3 is 0 Å². The van der Waals surface area contributed by atoms with Gasteiger partial charge < -0.3 is 4.90 Å². The summed E-state index contributed by atoms with van der Waals surface area (Å²) < 4.78 is 1.66. The third-order valence-corrected chi connectivity index (χ3v) is 4.53. The van der Waals surface area contributed by atoms with Gasteiger partial charge in [-0.1, -0.05) is 25.1 Å². The highest BCUT2D eigenvalue weighted by Gasteiger charge is 2.24. The monoisotopic (exact) mass is 292 g/mol. The molecule has 4 rings (SSSR count). The lowest BCUT2D eigenvalue weighted by molar-refractivity contribution is 0.439. The molecule has 2 aromatic heterocycles. The molecule has 0 spiro atoms. The van der Waals surface area contributed by atoms with Crippen molar-refractivity contribution < 1.29 is 0 Å². The fourth-order valence-corrected chi connectivity index (χ4v) is 3.27. The summed E-state index contributed by atoms with van der Waals surface area (Å²) in [5, 5.41) is 22.6. The van der Waals surface area contributed by atoms with Gasteiger partial charge in [-0.25, -0.2) is 0 Å². The topological polar surface area (TPSA) is 70.1 Å². The minimum Gasteiger partial charge on any atom is -0.370 e. The van der Waals surface area contributed by atoms with Crippen LogP contribution in [0.2, 0.25) is 0 Å². The predicted octanol–water partition coefficient (Wildman–Crippen LogP) is 2.39. The van der Waals surface area contributed by atoms with Gasteiger partial charge in [0.15, 0.2) is 5.65 Å². The molecule has 3 aromatic rings. The summed E-state index contributed by atoms with van der Waals surface area (Å²) in [6.07, 6.45) is 2.30. The van der Waals surface area contributed by atoms with Crippen LogP contribution in [0.1, 0.15) is 25.3 Å². The lowest BCUT2D eigenvalue weighted by Crippen LogP contribution is -2.33. The Bertz CT molecular complexity index is 883. The molecule has 6 heteroatoms. The Morgan fingerprint density at radius 1 is 1.23 bits per heavy atom. The standard InChI is InChI=1S/C16H16N6/c1-11-6-8-21(9-7-11)15-12-4-2-3-5-14(12)22-16(13(15)10-17)18-19-20-22/h2-5,11H,6-9H2,1H3. The van der Waals surface area contributed by atoms with Gasteiger partial charge in [0.1, 0.15) is 11.6 Å². The van der Waals surface area contributed by atoms with Crippen LogP contribution in [0.3, 0.4) is 0 Å². The van der Waals surface area contributed by atoms with Gasteiger partial charge in [0.25, 0.3) is 0 Å². The molecule has 0 aliphatic carbocycles. The van der Waals surface area contributed by atoms with Crippen molar-refractivity contribution in [1.82, 2.24) is 20.0 Å². The van der Waals surface area contributed by atoms with E-state index in [0.717, 1.165) is 48.4 Å². The van der Waals surface area contributed by atoms with Gasteiger partial charge in [0.2, 0.25) is 0 Å². The third-order valence-electron chi connectivity index (χ3n) is 4.53. The van der Waals surface area contributed by atoms with E-state index in [-0.39, 0.29) is 0 Å². The molecule has 0 amide bonds. The number of rotatable bonds is 1. The molecular formula is C16H16N6. The maximum atomic E-state index is 9.69. The van der Waals surface area contributed by atoms with E-state index in [1.165, 1.54) is 0 Å². The molecule has 0 unspecified atom stereocenters. The highest BCUT2D eigenvalue weighted by atomic mass is 15.5. The molecule has 1 aliphatic rings. The average molecular weight is 292 g/mol. The normalized spacial score (nSPS) is 16.3. The zero-order valence-electron chi connectivity index (χ0n) is 12.4. The van der Waals surface area contributed by atoms with Crippen molar-refractivity contribution >= 4 is 22.2 Å². The Morgan fingerprint density at radius 3 is 2.77 bits per heavy atom. The number of nitriles is 1. The van der Waals surface area contributed by atoms with Gasteiger partial charge in [0.05, 0.1) is 11.2 Å². The number of aromatic nitrogens is 4. The summed E-state index contributed by atoms with van der Waals surface area (Å²) in [5.41, 5.74) is 3.02. The van der Waals surface area contributed by atoms with Crippen LogP contribution in [0.25, 0.3) is 16.6 Å². The summed E-state index contributed by atoms with van der Waals surface area (Å²) in [6.45, 7) is 4.22. The summed E-state index contributed by atoms with van der Waals surface area (Å²) >= 11 is 0. The minimum atomic E-state index is 0.537. The Balaban J connectivity index is 2.03. The molecule has 0 radical (unpaired) electrons. The quantitative estimate of drug-likeness (QED) is 0.688. The first-order chi connectivity index (χ1) is 10.8. The van der Waals surface area contributed by atoms with E-state index in [9.17, 15) is 5.26 Å². The molecule has 3 heterocycles. The maximum Gasteiger partial charge on any atom is 0.199 e. The highest BCUT2D eigenvalue weighted by molar-refractivity contribution is 5.98. The van der Waals surface area contributed by atoms with E-state index in [1.807, 2.05) is 24.3 Å². The Kier molecular flexibility index (Phi) is 2.93. The van der Waals surface area contributed by atoms with E-state index in [0.29, 0.717) is 11.2 Å². The Labute approximate surface area is 127 Å². The lowest BCUT2D eigenvalue weighted by Gasteiger charge is -2.33. The number of pyridine rings is 1. The highest BCUT2D eigenvalue weighted by Crippen LogP contribution is 2.34. The number of fused-ring (bicyclic) bond motifs is 3. The zero-order chi connectivity index (χ0) is 15.1. The van der Waals surface area contributed by atoms with Crippen molar-refractivity contribution in [2.75, 3.05) is 18.0 Å². The number of piperidine rings is 1. The van der Waals surface area contributed by atoms with Crippen LogP contribution in [0, 0.1) is 17.2 Å². The molecule has 1 aliphatic heterocycles. The van der Waals surface area contributed by atoms with E-state index >= 15 is 0 Å². The molecule has 6 nitrogen and oxygen atoms in total. The number of benzene rings is 1. The fourth-order valence-electron chi connectivity index (χ4n) is 3.27. The third kappa shape index (κ3) is 1.82. The molecule has 0 atom stereocenters. The molecule has 1 aromatic carbocycles. The summed E-state index contributed by atoms with van der Waals surface area (Å²) in [7, 11) is 0. The number of hydrogen-bond acceptors (Lipinski definition) is 5. The number of anilines is 1. The van der Waals surface area contributed by atoms with Crippen LogP contribution in [-0.2, 0) is 0 Å². The summed E-state index contributed by atoms with van der Waals surface area (Å²) in [6, 6.07) is 10.3. The van der Waals surface area contributed by atoms with Crippen molar-refractivity contribution in [3.8, 4) is 6.07 Å². The molecule has 110 valence electrons. The number of hydrogen-bond donors (Lipinski definition) is 0. The minimum absolute atomic E-state index is 0.537.